The Bertz CT molecular complexity index is 299. The number of amides is 2. The van der Waals surface area contributed by atoms with Gasteiger partial charge in [-0.3, -0.25) is 0 Å². The van der Waals surface area contributed by atoms with Crippen LogP contribution in [-0.2, 0) is 4.79 Å². The van der Waals surface area contributed by atoms with Crippen LogP contribution in [0.1, 0.15) is 33.1 Å². The number of rotatable bonds is 7. The largest absolute Gasteiger partial charge is 0.480 e. The summed E-state index contributed by atoms with van der Waals surface area (Å²) >= 11 is 0. The van der Waals surface area contributed by atoms with Crippen LogP contribution in [0.15, 0.2) is 0 Å². The van der Waals surface area contributed by atoms with E-state index in [1.807, 2.05) is 13.0 Å². The summed E-state index contributed by atoms with van der Waals surface area (Å²) in [6.07, 6.45) is 1.32. The van der Waals surface area contributed by atoms with Crippen LogP contribution in [0.4, 0.5) is 4.79 Å². The normalized spacial score (nSPS) is 11.4. The molecule has 0 spiro atoms. The summed E-state index contributed by atoms with van der Waals surface area (Å²) in [6, 6.07) is 0.666. The molecule has 6 nitrogen and oxygen atoms in total. The monoisotopic (exact) mass is 241 g/mol. The predicted molar refractivity (Wildman–Crippen MR) is 62.3 cm³/mol. The van der Waals surface area contributed by atoms with E-state index in [1.54, 1.807) is 6.92 Å². The quantitative estimate of drug-likeness (QED) is 0.700. The van der Waals surface area contributed by atoms with Crippen molar-refractivity contribution in [2.45, 2.75) is 39.2 Å². The molecule has 0 aromatic carbocycles. The molecule has 0 saturated carbocycles. The summed E-state index contributed by atoms with van der Waals surface area (Å²) in [5.41, 5.74) is 0. The first-order valence-corrected chi connectivity index (χ1v) is 5.71. The highest BCUT2D eigenvalue weighted by Crippen LogP contribution is 1.99. The number of nitriles is 1. The molecular weight excluding hydrogens is 222 g/mol. The molecule has 96 valence electrons. The molecule has 0 unspecified atom stereocenters. The Balaban J connectivity index is 4.36. The van der Waals surface area contributed by atoms with Crippen LogP contribution in [0.25, 0.3) is 0 Å². The summed E-state index contributed by atoms with van der Waals surface area (Å²) in [4.78, 5) is 24.0. The Morgan fingerprint density at radius 1 is 1.47 bits per heavy atom. The van der Waals surface area contributed by atoms with E-state index >= 15 is 0 Å². The van der Waals surface area contributed by atoms with Gasteiger partial charge in [-0.15, -0.1) is 0 Å². The van der Waals surface area contributed by atoms with Crippen LogP contribution in [-0.4, -0.2) is 41.1 Å². The molecule has 0 bridgehead atoms. The van der Waals surface area contributed by atoms with E-state index in [0.717, 1.165) is 0 Å². The first-order valence-electron chi connectivity index (χ1n) is 5.71. The Kier molecular flexibility index (Phi) is 7.52. The van der Waals surface area contributed by atoms with Gasteiger partial charge in [-0.05, 0) is 13.3 Å². The van der Waals surface area contributed by atoms with Crippen molar-refractivity contribution in [3.05, 3.63) is 0 Å². The highest BCUT2D eigenvalue weighted by atomic mass is 16.4. The smallest absolute Gasteiger partial charge is 0.326 e. The lowest BCUT2D eigenvalue weighted by Gasteiger charge is -2.22. The fraction of sp³-hybridized carbons (Fsp3) is 0.727. The highest BCUT2D eigenvalue weighted by molar-refractivity contribution is 5.82. The maximum absolute atomic E-state index is 11.7. The van der Waals surface area contributed by atoms with Gasteiger partial charge < -0.3 is 15.3 Å². The first-order chi connectivity index (χ1) is 8.06. The second-order valence-corrected chi connectivity index (χ2v) is 3.62. The Morgan fingerprint density at radius 3 is 2.53 bits per heavy atom. The molecule has 0 saturated heterocycles. The van der Waals surface area contributed by atoms with Crippen molar-refractivity contribution in [3.8, 4) is 6.07 Å². The number of urea groups is 1. The second-order valence-electron chi connectivity index (χ2n) is 3.62. The van der Waals surface area contributed by atoms with E-state index in [4.69, 9.17) is 10.4 Å². The van der Waals surface area contributed by atoms with Crippen LogP contribution in [0.3, 0.4) is 0 Å². The number of nitrogens with one attached hydrogen (secondary N) is 1. The summed E-state index contributed by atoms with van der Waals surface area (Å²) < 4.78 is 0. The van der Waals surface area contributed by atoms with Crippen LogP contribution in [0.2, 0.25) is 0 Å². The number of carboxylic acids is 1. The van der Waals surface area contributed by atoms with Crippen LogP contribution < -0.4 is 5.32 Å². The third kappa shape index (κ3) is 5.76. The van der Waals surface area contributed by atoms with Gasteiger partial charge in [0.15, 0.2) is 0 Å². The minimum absolute atomic E-state index is 0.243. The molecule has 0 aliphatic rings. The number of carbonyl (C=O) groups excluding carboxylic acids is 1. The minimum atomic E-state index is -1.03. The molecular formula is C11H19N3O3. The predicted octanol–water partition coefficient (Wildman–Crippen LogP) is 1.18. The summed E-state index contributed by atoms with van der Waals surface area (Å²) in [5, 5.41) is 19.8. The van der Waals surface area contributed by atoms with Gasteiger partial charge in [-0.25, -0.2) is 9.59 Å². The van der Waals surface area contributed by atoms with E-state index in [1.165, 1.54) is 4.90 Å². The average molecular weight is 241 g/mol. The molecule has 1 atom stereocenters. The van der Waals surface area contributed by atoms with Gasteiger partial charge in [-0.2, -0.15) is 5.26 Å². The van der Waals surface area contributed by atoms with Crippen molar-refractivity contribution < 1.29 is 14.7 Å². The van der Waals surface area contributed by atoms with Gasteiger partial charge in [0.1, 0.15) is 6.04 Å². The highest BCUT2D eigenvalue weighted by Gasteiger charge is 2.21. The average Bonchev–Trinajstić information content (AvgIpc) is 2.29. The topological polar surface area (TPSA) is 93.4 Å². The molecule has 0 heterocycles. The lowest BCUT2D eigenvalue weighted by atomic mass is 10.2. The molecule has 0 rings (SSSR count). The Labute approximate surface area is 101 Å². The van der Waals surface area contributed by atoms with E-state index in [-0.39, 0.29) is 6.42 Å². The van der Waals surface area contributed by atoms with Crippen molar-refractivity contribution >= 4 is 12.0 Å². The zero-order valence-electron chi connectivity index (χ0n) is 10.3. The summed E-state index contributed by atoms with van der Waals surface area (Å²) in [7, 11) is 0. The third-order valence-electron chi connectivity index (χ3n) is 2.34. The van der Waals surface area contributed by atoms with Crippen molar-refractivity contribution in [2.24, 2.45) is 0 Å². The third-order valence-corrected chi connectivity index (χ3v) is 2.34. The molecule has 0 radical (unpaired) electrons. The lowest BCUT2D eigenvalue weighted by molar-refractivity contribution is -0.139. The van der Waals surface area contributed by atoms with Gasteiger partial charge in [0, 0.05) is 13.1 Å². The SMILES string of the molecule is CCC[C@@H](NC(=O)N(CC)CCC#N)C(=O)O. The standard InChI is InChI=1S/C11H19N3O3/c1-3-6-9(10(15)16)13-11(17)14(4-2)8-5-7-12/h9H,3-6,8H2,1-2H3,(H,13,17)(H,15,16)/t9-/m1/s1. The number of carbonyl (C=O) groups is 2. The zero-order valence-corrected chi connectivity index (χ0v) is 10.3. The first kappa shape index (κ1) is 15.2. The van der Waals surface area contributed by atoms with Gasteiger partial charge >= 0.3 is 12.0 Å². The second kappa shape index (κ2) is 8.39. The summed E-state index contributed by atoms with van der Waals surface area (Å²) in [5.74, 6) is -1.03. The molecule has 2 amide bonds. The number of nitrogens with zero attached hydrogens (tertiary/aromatic N) is 2. The van der Waals surface area contributed by atoms with Crippen molar-refractivity contribution in [1.29, 1.82) is 5.26 Å². The molecule has 0 aliphatic carbocycles. The molecule has 17 heavy (non-hydrogen) atoms. The molecule has 0 fully saturated rings. The molecule has 0 aliphatic heterocycles. The minimum Gasteiger partial charge on any atom is -0.480 e. The number of hydrogen-bond acceptors (Lipinski definition) is 3. The maximum atomic E-state index is 11.7. The number of carboxylic acid groups (broad SMARTS) is 1. The van der Waals surface area contributed by atoms with Gasteiger partial charge in [-0.1, -0.05) is 13.3 Å². The maximum Gasteiger partial charge on any atom is 0.326 e. The lowest BCUT2D eigenvalue weighted by Crippen LogP contribution is -2.48. The number of aliphatic carboxylic acids is 1. The van der Waals surface area contributed by atoms with E-state index in [9.17, 15) is 9.59 Å². The van der Waals surface area contributed by atoms with Gasteiger partial charge in [0.25, 0.3) is 0 Å². The fourth-order valence-electron chi connectivity index (χ4n) is 1.37. The van der Waals surface area contributed by atoms with E-state index in [2.05, 4.69) is 5.32 Å². The number of hydrogen-bond donors (Lipinski definition) is 2. The molecule has 0 aromatic heterocycles. The summed E-state index contributed by atoms with van der Waals surface area (Å²) in [6.45, 7) is 4.41. The van der Waals surface area contributed by atoms with E-state index in [0.29, 0.717) is 25.9 Å². The molecule has 2 N–H and O–H groups in total. The fourth-order valence-corrected chi connectivity index (χ4v) is 1.37. The van der Waals surface area contributed by atoms with Crippen LogP contribution in [0.5, 0.6) is 0 Å². The molecule has 0 aromatic rings. The van der Waals surface area contributed by atoms with Crippen LogP contribution >= 0.6 is 0 Å². The van der Waals surface area contributed by atoms with E-state index < -0.39 is 18.0 Å². The van der Waals surface area contributed by atoms with Gasteiger partial charge in [0.05, 0.1) is 12.5 Å². The molecule has 6 heteroatoms. The van der Waals surface area contributed by atoms with Crippen molar-refractivity contribution in [2.75, 3.05) is 13.1 Å². The Morgan fingerprint density at radius 2 is 2.12 bits per heavy atom. The van der Waals surface area contributed by atoms with Crippen molar-refractivity contribution in [1.82, 2.24) is 10.2 Å². The van der Waals surface area contributed by atoms with Crippen molar-refractivity contribution in [3.63, 3.8) is 0 Å². The van der Waals surface area contributed by atoms with Crippen LogP contribution in [0, 0.1) is 11.3 Å². The van der Waals surface area contributed by atoms with Gasteiger partial charge in [0.2, 0.25) is 0 Å². The zero-order chi connectivity index (χ0) is 13.3. The Hall–Kier alpha value is -1.77.